The van der Waals surface area contributed by atoms with E-state index >= 15 is 0 Å². The van der Waals surface area contributed by atoms with E-state index in [1.807, 2.05) is 25.1 Å². The average molecular weight is 241 g/mol. The summed E-state index contributed by atoms with van der Waals surface area (Å²) in [7, 11) is 0. The molecular weight excluding hydrogens is 229 g/mol. The molecular formula is C14H12FN3. The summed E-state index contributed by atoms with van der Waals surface area (Å²) in [5.41, 5.74) is 8.97. The number of rotatable bonds is 1. The Kier molecular flexibility index (Phi) is 2.30. The molecule has 0 atom stereocenters. The maximum absolute atomic E-state index is 13.9. The van der Waals surface area contributed by atoms with Crippen LogP contribution >= 0.6 is 0 Å². The molecule has 0 amide bonds. The monoisotopic (exact) mass is 241 g/mol. The van der Waals surface area contributed by atoms with Crippen molar-refractivity contribution in [3.63, 3.8) is 0 Å². The second-order valence-corrected chi connectivity index (χ2v) is 4.25. The molecule has 1 aromatic heterocycles. The molecule has 3 nitrogen and oxygen atoms in total. The lowest BCUT2D eigenvalue weighted by Gasteiger charge is -2.07. The van der Waals surface area contributed by atoms with Gasteiger partial charge in [0.05, 0.1) is 16.7 Å². The molecule has 3 rings (SSSR count). The van der Waals surface area contributed by atoms with Crippen LogP contribution in [-0.4, -0.2) is 9.55 Å². The summed E-state index contributed by atoms with van der Waals surface area (Å²) in [5, 5.41) is 0. The number of para-hydroxylation sites is 1. The highest BCUT2D eigenvalue weighted by atomic mass is 19.1. The zero-order chi connectivity index (χ0) is 12.7. The summed E-state index contributed by atoms with van der Waals surface area (Å²) in [5.74, 6) is -0.0225. The molecule has 0 saturated heterocycles. The molecule has 18 heavy (non-hydrogen) atoms. The van der Waals surface area contributed by atoms with Gasteiger partial charge in [0.2, 0.25) is 5.95 Å². The predicted octanol–water partition coefficient (Wildman–Crippen LogP) is 3.06. The van der Waals surface area contributed by atoms with E-state index < -0.39 is 0 Å². The number of fused-ring (bicyclic) bond motifs is 1. The van der Waals surface area contributed by atoms with Crippen LogP contribution in [0.4, 0.5) is 10.3 Å². The zero-order valence-corrected chi connectivity index (χ0v) is 9.89. The van der Waals surface area contributed by atoms with Crippen molar-refractivity contribution in [1.82, 2.24) is 9.55 Å². The Balaban J connectivity index is 2.38. The molecule has 0 unspecified atom stereocenters. The Morgan fingerprint density at radius 2 is 1.94 bits per heavy atom. The maximum atomic E-state index is 13.9. The molecule has 0 fully saturated rings. The number of halogens is 1. The molecule has 0 radical (unpaired) electrons. The first-order valence-electron chi connectivity index (χ1n) is 5.66. The van der Waals surface area contributed by atoms with Gasteiger partial charge in [0.1, 0.15) is 5.82 Å². The van der Waals surface area contributed by atoms with Gasteiger partial charge in [-0.25, -0.2) is 9.37 Å². The van der Waals surface area contributed by atoms with Gasteiger partial charge in [-0.1, -0.05) is 18.2 Å². The van der Waals surface area contributed by atoms with E-state index in [2.05, 4.69) is 4.98 Å². The van der Waals surface area contributed by atoms with Gasteiger partial charge in [0.25, 0.3) is 0 Å². The predicted molar refractivity (Wildman–Crippen MR) is 70.2 cm³/mol. The summed E-state index contributed by atoms with van der Waals surface area (Å²) < 4.78 is 15.5. The third-order valence-corrected chi connectivity index (χ3v) is 2.93. The van der Waals surface area contributed by atoms with Crippen molar-refractivity contribution >= 4 is 17.0 Å². The molecule has 0 bridgehead atoms. The van der Waals surface area contributed by atoms with E-state index in [-0.39, 0.29) is 5.82 Å². The quantitative estimate of drug-likeness (QED) is 0.711. The van der Waals surface area contributed by atoms with Crippen LogP contribution in [0, 0.1) is 12.7 Å². The number of nitrogens with zero attached hydrogens (tertiary/aromatic N) is 2. The molecule has 2 aromatic carbocycles. The molecule has 90 valence electrons. The number of nitrogens with two attached hydrogens (primary N) is 1. The van der Waals surface area contributed by atoms with Crippen molar-refractivity contribution in [2.24, 2.45) is 0 Å². The Labute approximate surface area is 104 Å². The molecule has 0 aliphatic carbocycles. The fraction of sp³-hybridized carbons (Fsp3) is 0.0714. The summed E-state index contributed by atoms with van der Waals surface area (Å²) in [6.07, 6.45) is 0. The van der Waals surface area contributed by atoms with E-state index in [9.17, 15) is 4.39 Å². The average Bonchev–Trinajstić information content (AvgIpc) is 2.66. The minimum atomic E-state index is -0.315. The van der Waals surface area contributed by atoms with Crippen LogP contribution in [0.2, 0.25) is 0 Å². The Hall–Kier alpha value is -2.36. The number of aryl methyl sites for hydroxylation is 1. The summed E-state index contributed by atoms with van der Waals surface area (Å²) in [6.45, 7) is 1.98. The van der Waals surface area contributed by atoms with Crippen molar-refractivity contribution in [3.05, 3.63) is 53.8 Å². The summed E-state index contributed by atoms with van der Waals surface area (Å²) >= 11 is 0. The van der Waals surface area contributed by atoms with Gasteiger partial charge in [-0.05, 0) is 36.8 Å². The number of imidazole rings is 1. The molecule has 0 spiro atoms. The van der Waals surface area contributed by atoms with Gasteiger partial charge in [0, 0.05) is 0 Å². The molecule has 0 aliphatic rings. The molecule has 2 N–H and O–H groups in total. The Bertz CT molecular complexity index is 731. The third-order valence-electron chi connectivity index (χ3n) is 2.93. The van der Waals surface area contributed by atoms with Crippen LogP contribution in [0.3, 0.4) is 0 Å². The van der Waals surface area contributed by atoms with Crippen LogP contribution in [-0.2, 0) is 0 Å². The van der Waals surface area contributed by atoms with Crippen molar-refractivity contribution in [2.45, 2.75) is 6.92 Å². The minimum absolute atomic E-state index is 0.292. The molecule has 0 aliphatic heterocycles. The third kappa shape index (κ3) is 1.54. The van der Waals surface area contributed by atoms with Gasteiger partial charge in [-0.3, -0.25) is 4.57 Å². The number of benzene rings is 2. The second-order valence-electron chi connectivity index (χ2n) is 4.25. The lowest BCUT2D eigenvalue weighted by molar-refractivity contribution is 0.620. The van der Waals surface area contributed by atoms with Crippen LogP contribution in [0.15, 0.2) is 42.5 Å². The highest BCUT2D eigenvalue weighted by molar-refractivity contribution is 5.81. The fourth-order valence-corrected chi connectivity index (χ4v) is 2.09. The fourth-order valence-electron chi connectivity index (χ4n) is 2.09. The lowest BCUT2D eigenvalue weighted by atomic mass is 10.2. The zero-order valence-electron chi connectivity index (χ0n) is 9.89. The smallest absolute Gasteiger partial charge is 0.206 e. The number of hydrogen-bond donors (Lipinski definition) is 1. The Morgan fingerprint density at radius 3 is 2.72 bits per heavy atom. The number of aromatic nitrogens is 2. The topological polar surface area (TPSA) is 43.8 Å². The SMILES string of the molecule is Cc1ccc2nc(N)n(-c3ccccc3F)c2c1. The highest BCUT2D eigenvalue weighted by Crippen LogP contribution is 2.25. The van der Waals surface area contributed by atoms with E-state index in [1.165, 1.54) is 6.07 Å². The first-order valence-corrected chi connectivity index (χ1v) is 5.66. The maximum Gasteiger partial charge on any atom is 0.206 e. The van der Waals surface area contributed by atoms with Crippen LogP contribution in [0.5, 0.6) is 0 Å². The van der Waals surface area contributed by atoms with Crippen molar-refractivity contribution in [1.29, 1.82) is 0 Å². The van der Waals surface area contributed by atoms with E-state index in [0.717, 1.165) is 16.6 Å². The largest absolute Gasteiger partial charge is 0.369 e. The van der Waals surface area contributed by atoms with Crippen LogP contribution in [0.1, 0.15) is 5.56 Å². The standard InChI is InChI=1S/C14H12FN3/c1-9-6-7-11-13(8-9)18(14(16)17-11)12-5-3-2-4-10(12)15/h2-8H,1H3,(H2,16,17). The second kappa shape index (κ2) is 3.84. The van der Waals surface area contributed by atoms with E-state index in [0.29, 0.717) is 11.6 Å². The van der Waals surface area contributed by atoms with Gasteiger partial charge in [-0.2, -0.15) is 0 Å². The number of anilines is 1. The van der Waals surface area contributed by atoms with Crippen LogP contribution < -0.4 is 5.73 Å². The van der Waals surface area contributed by atoms with Crippen molar-refractivity contribution in [2.75, 3.05) is 5.73 Å². The van der Waals surface area contributed by atoms with Gasteiger partial charge in [-0.15, -0.1) is 0 Å². The molecule has 4 heteroatoms. The Morgan fingerprint density at radius 1 is 1.17 bits per heavy atom. The normalized spacial score (nSPS) is 11.0. The van der Waals surface area contributed by atoms with Crippen molar-refractivity contribution < 1.29 is 4.39 Å². The highest BCUT2D eigenvalue weighted by Gasteiger charge is 2.12. The molecule has 0 saturated carbocycles. The number of nitrogen functional groups attached to an aromatic ring is 1. The van der Waals surface area contributed by atoms with E-state index in [1.54, 1.807) is 22.8 Å². The minimum Gasteiger partial charge on any atom is -0.369 e. The number of hydrogen-bond acceptors (Lipinski definition) is 2. The first kappa shape index (κ1) is 10.8. The molecule has 3 aromatic rings. The molecule has 1 heterocycles. The van der Waals surface area contributed by atoms with Crippen molar-refractivity contribution in [3.8, 4) is 5.69 Å². The lowest BCUT2D eigenvalue weighted by Crippen LogP contribution is -2.02. The van der Waals surface area contributed by atoms with E-state index in [4.69, 9.17) is 5.73 Å². The summed E-state index contributed by atoms with van der Waals surface area (Å²) in [4.78, 5) is 4.25. The summed E-state index contributed by atoms with van der Waals surface area (Å²) in [6, 6.07) is 12.3. The van der Waals surface area contributed by atoms with Gasteiger partial charge >= 0.3 is 0 Å². The van der Waals surface area contributed by atoms with Gasteiger partial charge < -0.3 is 5.73 Å². The first-order chi connectivity index (χ1) is 8.66. The van der Waals surface area contributed by atoms with Gasteiger partial charge in [0.15, 0.2) is 0 Å². The van der Waals surface area contributed by atoms with Crippen LogP contribution in [0.25, 0.3) is 16.7 Å².